The molecule has 4 rings (SSSR count). The van der Waals surface area contributed by atoms with Gasteiger partial charge in [-0.3, -0.25) is 14.4 Å². The second-order valence-electron chi connectivity index (χ2n) is 11.5. The van der Waals surface area contributed by atoms with Gasteiger partial charge in [0, 0.05) is 6.42 Å². The van der Waals surface area contributed by atoms with Crippen LogP contribution >= 0.6 is 0 Å². The number of carbonyl (C=O) groups is 3. The molecule has 3 N–H and O–H groups in total. The molecule has 0 radical (unpaired) electrons. The predicted octanol–water partition coefficient (Wildman–Crippen LogP) is 4.56. The molecule has 45 heavy (non-hydrogen) atoms. The number of carbonyl (C=O) groups excluding carboxylic acids is 3. The van der Waals surface area contributed by atoms with Crippen molar-refractivity contribution in [2.45, 2.75) is 57.2 Å². The number of ether oxygens (including phenoxy) is 2. The summed E-state index contributed by atoms with van der Waals surface area (Å²) in [4.78, 5) is 39.9. The van der Waals surface area contributed by atoms with Gasteiger partial charge in [-0.05, 0) is 48.8 Å². The van der Waals surface area contributed by atoms with Crippen LogP contribution in [0.15, 0.2) is 103 Å². The summed E-state index contributed by atoms with van der Waals surface area (Å²) in [5.74, 6) is -1.92. The molecule has 1 heterocycles. The van der Waals surface area contributed by atoms with Gasteiger partial charge in [0.2, 0.25) is 11.8 Å². The summed E-state index contributed by atoms with van der Waals surface area (Å²) in [7, 11) is 0. The van der Waals surface area contributed by atoms with Crippen LogP contribution in [-0.4, -0.2) is 54.8 Å². The molecule has 0 unspecified atom stereocenters. The van der Waals surface area contributed by atoms with E-state index in [2.05, 4.69) is 10.6 Å². The van der Waals surface area contributed by atoms with E-state index in [9.17, 15) is 19.5 Å². The Labute approximate surface area is 265 Å². The molecule has 0 saturated carbocycles. The smallest absolute Gasteiger partial charge is 0.309 e. The van der Waals surface area contributed by atoms with Crippen molar-refractivity contribution < 1.29 is 29.0 Å². The van der Waals surface area contributed by atoms with Crippen LogP contribution in [0.1, 0.15) is 42.4 Å². The number of amides is 2. The van der Waals surface area contributed by atoms with Crippen LogP contribution in [0.4, 0.5) is 0 Å². The lowest BCUT2D eigenvalue weighted by Crippen LogP contribution is -2.46. The third-order valence-corrected chi connectivity index (χ3v) is 7.84. The molecule has 3 aromatic carbocycles. The maximum atomic E-state index is 13.6. The van der Waals surface area contributed by atoms with Crippen LogP contribution in [0.25, 0.3) is 0 Å². The zero-order valence-electron chi connectivity index (χ0n) is 25.7. The fourth-order valence-corrected chi connectivity index (χ4v) is 5.38. The molecule has 4 atom stereocenters. The number of rotatable bonds is 12. The number of allylic oxidation sites excluding steroid dienone is 2. The van der Waals surface area contributed by atoms with Gasteiger partial charge < -0.3 is 25.2 Å². The molecular weight excluding hydrogens is 568 g/mol. The number of cyclic esters (lactones) is 1. The third kappa shape index (κ3) is 12.0. The third-order valence-electron chi connectivity index (χ3n) is 7.84. The summed E-state index contributed by atoms with van der Waals surface area (Å²) >= 11 is 0. The monoisotopic (exact) mass is 612 g/mol. The van der Waals surface area contributed by atoms with E-state index in [4.69, 9.17) is 9.47 Å². The zero-order chi connectivity index (χ0) is 31.7. The average molecular weight is 613 g/mol. The van der Waals surface area contributed by atoms with Crippen LogP contribution < -0.4 is 10.6 Å². The molecule has 2 amide bonds. The maximum absolute atomic E-state index is 13.6. The van der Waals surface area contributed by atoms with Crippen LogP contribution in [0, 0.1) is 11.8 Å². The van der Waals surface area contributed by atoms with Crippen molar-refractivity contribution in [2.24, 2.45) is 11.8 Å². The van der Waals surface area contributed by atoms with Crippen LogP contribution in [0.5, 0.6) is 0 Å². The van der Waals surface area contributed by atoms with Crippen molar-refractivity contribution in [1.82, 2.24) is 10.6 Å². The molecular formula is C37H44N2O6. The first-order chi connectivity index (χ1) is 22.0. The van der Waals surface area contributed by atoms with E-state index < -0.39 is 18.0 Å². The Hall–Kier alpha value is -4.27. The summed E-state index contributed by atoms with van der Waals surface area (Å²) in [6.07, 6.45) is 6.47. The van der Waals surface area contributed by atoms with Gasteiger partial charge in [-0.1, -0.05) is 103 Å². The van der Waals surface area contributed by atoms with Crippen molar-refractivity contribution in [2.75, 3.05) is 19.8 Å². The summed E-state index contributed by atoms with van der Waals surface area (Å²) in [6, 6.07) is 28.1. The SMILES string of the molecule is O=C(C[C@H]1CC=CCC[C@H](Cc2ccccc2)C(=O)OC[C@H](COCc2ccccc2)NC1=O)N[C@@H](CO)Cc1ccccc1. The Morgan fingerprint density at radius 2 is 1.53 bits per heavy atom. The van der Waals surface area contributed by atoms with Crippen molar-refractivity contribution in [1.29, 1.82) is 0 Å². The molecule has 1 aliphatic rings. The average Bonchev–Trinajstić information content (AvgIpc) is 3.07. The number of esters is 1. The van der Waals surface area contributed by atoms with Gasteiger partial charge in [0.15, 0.2) is 0 Å². The van der Waals surface area contributed by atoms with Crippen LogP contribution in [0.3, 0.4) is 0 Å². The van der Waals surface area contributed by atoms with E-state index >= 15 is 0 Å². The fourth-order valence-electron chi connectivity index (χ4n) is 5.38. The highest BCUT2D eigenvalue weighted by Gasteiger charge is 2.27. The number of benzene rings is 3. The highest BCUT2D eigenvalue weighted by Crippen LogP contribution is 2.19. The lowest BCUT2D eigenvalue weighted by Gasteiger charge is -2.24. The molecule has 0 fully saturated rings. The molecule has 0 aromatic heterocycles. The topological polar surface area (TPSA) is 114 Å². The number of nitrogens with one attached hydrogen (secondary N) is 2. The van der Waals surface area contributed by atoms with Crippen molar-refractivity contribution in [3.63, 3.8) is 0 Å². The van der Waals surface area contributed by atoms with Crippen molar-refractivity contribution in [3.8, 4) is 0 Å². The summed E-state index contributed by atoms with van der Waals surface area (Å²) in [5.41, 5.74) is 3.04. The van der Waals surface area contributed by atoms with E-state index in [-0.39, 0.29) is 49.9 Å². The molecule has 8 heteroatoms. The Morgan fingerprint density at radius 1 is 0.889 bits per heavy atom. The summed E-state index contributed by atoms with van der Waals surface area (Å²) in [6.45, 7) is 0.223. The van der Waals surface area contributed by atoms with Gasteiger partial charge in [-0.25, -0.2) is 0 Å². The Morgan fingerprint density at radius 3 is 2.20 bits per heavy atom. The van der Waals surface area contributed by atoms with Gasteiger partial charge in [-0.2, -0.15) is 0 Å². The minimum absolute atomic E-state index is 0.0410. The second-order valence-corrected chi connectivity index (χ2v) is 11.5. The Balaban J connectivity index is 1.44. The molecule has 0 aliphatic carbocycles. The number of aliphatic hydroxyl groups excluding tert-OH is 1. The zero-order valence-corrected chi connectivity index (χ0v) is 25.7. The molecule has 8 nitrogen and oxygen atoms in total. The van der Waals surface area contributed by atoms with E-state index in [0.717, 1.165) is 16.7 Å². The molecule has 238 valence electrons. The Bertz CT molecular complexity index is 1350. The second kappa shape index (κ2) is 18.5. The quantitative estimate of drug-likeness (QED) is 0.204. The maximum Gasteiger partial charge on any atom is 0.309 e. The highest BCUT2D eigenvalue weighted by atomic mass is 16.5. The number of hydrogen-bond donors (Lipinski definition) is 3. The normalized spacial score (nSPS) is 20.1. The standard InChI is InChI=1S/C37H44N2O6/c40-24-33(22-29-15-7-2-8-16-29)38-35(41)23-31-19-11-4-12-20-32(21-28-13-5-1-6-14-28)37(43)45-27-34(39-36(31)42)26-44-25-30-17-9-3-10-18-30/h1-11,13-18,31-34,40H,12,19-27H2,(H,38,41)(H,39,42)/t31-,32-,33-,34+/m1/s1. The van der Waals surface area contributed by atoms with Gasteiger partial charge >= 0.3 is 5.97 Å². The first-order valence-corrected chi connectivity index (χ1v) is 15.7. The molecule has 0 saturated heterocycles. The van der Waals surface area contributed by atoms with E-state index in [1.54, 1.807) is 0 Å². The van der Waals surface area contributed by atoms with Crippen molar-refractivity contribution >= 4 is 17.8 Å². The lowest BCUT2D eigenvalue weighted by molar-refractivity contribution is -0.150. The minimum atomic E-state index is -0.648. The van der Waals surface area contributed by atoms with E-state index in [0.29, 0.717) is 38.7 Å². The lowest BCUT2D eigenvalue weighted by atomic mass is 9.94. The molecule has 1 aliphatic heterocycles. The molecule has 0 bridgehead atoms. The van der Waals surface area contributed by atoms with Gasteiger partial charge in [0.05, 0.1) is 43.7 Å². The van der Waals surface area contributed by atoms with E-state index in [1.165, 1.54) is 0 Å². The van der Waals surface area contributed by atoms with Crippen LogP contribution in [-0.2, 0) is 43.3 Å². The first-order valence-electron chi connectivity index (χ1n) is 15.7. The van der Waals surface area contributed by atoms with Gasteiger partial charge in [-0.15, -0.1) is 0 Å². The molecule has 3 aromatic rings. The van der Waals surface area contributed by atoms with E-state index in [1.807, 2.05) is 103 Å². The number of aliphatic hydroxyl groups is 1. The summed E-state index contributed by atoms with van der Waals surface area (Å²) in [5, 5.41) is 15.8. The first kappa shape index (κ1) is 33.6. The Kier molecular flexibility index (Phi) is 13.8. The van der Waals surface area contributed by atoms with Crippen LogP contribution in [0.2, 0.25) is 0 Å². The van der Waals surface area contributed by atoms with Gasteiger partial charge in [0.25, 0.3) is 0 Å². The number of hydrogen-bond acceptors (Lipinski definition) is 6. The predicted molar refractivity (Wildman–Crippen MR) is 173 cm³/mol. The van der Waals surface area contributed by atoms with Gasteiger partial charge in [0.1, 0.15) is 6.61 Å². The largest absolute Gasteiger partial charge is 0.463 e. The molecule has 0 spiro atoms. The minimum Gasteiger partial charge on any atom is -0.463 e. The van der Waals surface area contributed by atoms with Crippen molar-refractivity contribution in [3.05, 3.63) is 120 Å². The fraction of sp³-hybridized carbons (Fsp3) is 0.378. The summed E-state index contributed by atoms with van der Waals surface area (Å²) < 4.78 is 11.7. The highest BCUT2D eigenvalue weighted by molar-refractivity contribution is 5.86.